The van der Waals surface area contributed by atoms with Gasteiger partial charge in [-0.15, -0.1) is 10.2 Å². The second kappa shape index (κ2) is 7.30. The molecule has 1 unspecified atom stereocenters. The van der Waals surface area contributed by atoms with E-state index in [0.717, 1.165) is 24.9 Å². The van der Waals surface area contributed by atoms with Gasteiger partial charge in [-0.2, -0.15) is 0 Å². The Balaban J connectivity index is 1.41. The summed E-state index contributed by atoms with van der Waals surface area (Å²) in [7, 11) is 0. The molecule has 1 atom stereocenters. The molecule has 0 saturated heterocycles. The minimum Gasteiger partial charge on any atom is -0.311 e. The van der Waals surface area contributed by atoms with E-state index >= 15 is 0 Å². The van der Waals surface area contributed by atoms with Crippen molar-refractivity contribution in [2.24, 2.45) is 0 Å². The van der Waals surface area contributed by atoms with Crippen LogP contribution in [0.2, 0.25) is 0 Å². The van der Waals surface area contributed by atoms with E-state index in [4.69, 9.17) is 0 Å². The topological polar surface area (TPSA) is 51.0 Å². The number of halogens is 1. The number of para-hydroxylation sites is 1. The van der Waals surface area contributed by atoms with E-state index in [-0.39, 0.29) is 23.0 Å². The number of hydrogen-bond acceptors (Lipinski definition) is 4. The van der Waals surface area contributed by atoms with Gasteiger partial charge in [-0.05, 0) is 49.9 Å². The molecule has 3 aromatic rings. The molecule has 1 aliphatic carbocycles. The lowest BCUT2D eigenvalue weighted by Gasteiger charge is -2.21. The molecule has 0 spiro atoms. The summed E-state index contributed by atoms with van der Waals surface area (Å²) < 4.78 is 16.3. The van der Waals surface area contributed by atoms with E-state index in [9.17, 15) is 9.18 Å². The van der Waals surface area contributed by atoms with Gasteiger partial charge < -0.3 is 4.90 Å². The first kappa shape index (κ1) is 18.4. The monoisotopic (exact) mass is 408 g/mol. The lowest BCUT2D eigenvalue weighted by molar-refractivity contribution is -0.117. The molecule has 0 bridgehead atoms. The second-order valence-electron chi connectivity index (χ2n) is 7.52. The number of amides is 1. The van der Waals surface area contributed by atoms with Gasteiger partial charge in [0.05, 0.1) is 10.8 Å². The third-order valence-electron chi connectivity index (χ3n) is 5.47. The predicted octanol–water partition coefficient (Wildman–Crippen LogP) is 4.49. The summed E-state index contributed by atoms with van der Waals surface area (Å²) in [6.07, 6.45) is 2.93. The predicted molar refractivity (Wildman–Crippen MR) is 112 cm³/mol. The number of carbonyl (C=O) groups is 1. The molecule has 2 aromatic carbocycles. The lowest BCUT2D eigenvalue weighted by atomic mass is 10.2. The Hall–Kier alpha value is -2.67. The highest BCUT2D eigenvalue weighted by Crippen LogP contribution is 2.42. The van der Waals surface area contributed by atoms with E-state index in [1.165, 1.54) is 23.4 Å². The Labute approximate surface area is 172 Å². The van der Waals surface area contributed by atoms with Crippen LogP contribution in [0.5, 0.6) is 0 Å². The maximum absolute atomic E-state index is 14.3. The Morgan fingerprint density at radius 3 is 2.69 bits per heavy atom. The summed E-state index contributed by atoms with van der Waals surface area (Å²) in [4.78, 5) is 15.0. The van der Waals surface area contributed by atoms with Crippen LogP contribution in [-0.2, 0) is 11.2 Å². The molecule has 1 amide bonds. The van der Waals surface area contributed by atoms with Crippen LogP contribution in [-0.4, -0.2) is 32.5 Å². The van der Waals surface area contributed by atoms with Crippen molar-refractivity contribution in [1.29, 1.82) is 0 Å². The maximum atomic E-state index is 14.3. The van der Waals surface area contributed by atoms with Crippen molar-refractivity contribution in [3.05, 3.63) is 59.9 Å². The SMILES string of the molecule is CC(Sc1nnc(-c2ccccc2F)n1C1CC1)C(=O)N1CCc2ccccc21. The van der Waals surface area contributed by atoms with Gasteiger partial charge in [-0.1, -0.05) is 42.1 Å². The average molecular weight is 409 g/mol. The number of hydrogen-bond donors (Lipinski definition) is 0. The molecule has 0 radical (unpaired) electrons. The zero-order valence-corrected chi connectivity index (χ0v) is 16.9. The van der Waals surface area contributed by atoms with Gasteiger partial charge in [0.25, 0.3) is 0 Å². The highest BCUT2D eigenvalue weighted by atomic mass is 32.2. The minimum absolute atomic E-state index is 0.0674. The van der Waals surface area contributed by atoms with E-state index in [1.54, 1.807) is 18.2 Å². The molecule has 1 aromatic heterocycles. The van der Waals surface area contributed by atoms with Crippen molar-refractivity contribution in [3.63, 3.8) is 0 Å². The van der Waals surface area contributed by atoms with Crippen LogP contribution < -0.4 is 4.90 Å². The second-order valence-corrected chi connectivity index (χ2v) is 8.82. The van der Waals surface area contributed by atoms with Crippen molar-refractivity contribution < 1.29 is 9.18 Å². The zero-order chi connectivity index (χ0) is 20.0. The molecular formula is C22H21FN4OS. The quantitative estimate of drug-likeness (QED) is 0.584. The van der Waals surface area contributed by atoms with Crippen molar-refractivity contribution in [2.75, 3.05) is 11.4 Å². The Morgan fingerprint density at radius 1 is 1.14 bits per heavy atom. The third-order valence-corrected chi connectivity index (χ3v) is 6.52. The maximum Gasteiger partial charge on any atom is 0.240 e. The first-order valence-corrected chi connectivity index (χ1v) is 10.8. The fraction of sp³-hybridized carbons (Fsp3) is 0.318. The molecule has 1 fully saturated rings. The molecule has 7 heteroatoms. The van der Waals surface area contributed by atoms with Gasteiger partial charge in [0.2, 0.25) is 5.91 Å². The fourth-order valence-electron chi connectivity index (χ4n) is 3.84. The number of thioether (sulfide) groups is 1. The Morgan fingerprint density at radius 2 is 1.90 bits per heavy atom. The van der Waals surface area contributed by atoms with Crippen molar-refractivity contribution in [1.82, 2.24) is 14.8 Å². The van der Waals surface area contributed by atoms with Gasteiger partial charge >= 0.3 is 0 Å². The highest BCUT2D eigenvalue weighted by molar-refractivity contribution is 8.00. The number of carbonyl (C=O) groups excluding carboxylic acids is 1. The van der Waals surface area contributed by atoms with Crippen molar-refractivity contribution in [2.45, 2.75) is 42.6 Å². The molecule has 148 valence electrons. The van der Waals surface area contributed by atoms with Gasteiger partial charge in [0.15, 0.2) is 11.0 Å². The molecule has 1 aliphatic heterocycles. The standard InChI is InChI=1S/C22H21FN4OS/c1-14(21(28)26-13-12-15-6-2-5-9-19(15)26)29-22-25-24-20(27(22)16-10-11-16)17-7-3-4-8-18(17)23/h2-9,14,16H,10-13H2,1H3. The largest absolute Gasteiger partial charge is 0.311 e. The number of anilines is 1. The molecule has 29 heavy (non-hydrogen) atoms. The molecule has 0 N–H and O–H groups in total. The van der Waals surface area contributed by atoms with E-state index in [2.05, 4.69) is 16.3 Å². The Kier molecular flexibility index (Phi) is 4.62. The van der Waals surface area contributed by atoms with E-state index in [0.29, 0.717) is 23.1 Å². The molecule has 2 heterocycles. The van der Waals surface area contributed by atoms with E-state index < -0.39 is 0 Å². The normalized spacial score (nSPS) is 16.7. The number of benzene rings is 2. The summed E-state index contributed by atoms with van der Waals surface area (Å²) >= 11 is 1.41. The minimum atomic E-state index is -0.309. The number of rotatable bonds is 5. The molecular weight excluding hydrogens is 387 g/mol. The van der Waals surface area contributed by atoms with Crippen LogP contribution >= 0.6 is 11.8 Å². The smallest absolute Gasteiger partial charge is 0.240 e. The molecule has 5 nitrogen and oxygen atoms in total. The van der Waals surface area contributed by atoms with Crippen LogP contribution in [0.3, 0.4) is 0 Å². The molecule has 1 saturated carbocycles. The van der Waals surface area contributed by atoms with Crippen LogP contribution in [0.15, 0.2) is 53.7 Å². The summed E-state index contributed by atoms with van der Waals surface area (Å²) in [5.74, 6) is 0.299. The summed E-state index contributed by atoms with van der Waals surface area (Å²) in [6, 6.07) is 14.9. The van der Waals surface area contributed by atoms with Crippen molar-refractivity contribution in [3.8, 4) is 11.4 Å². The number of fused-ring (bicyclic) bond motifs is 1. The lowest BCUT2D eigenvalue weighted by Crippen LogP contribution is -2.35. The fourth-order valence-corrected chi connectivity index (χ4v) is 4.82. The zero-order valence-electron chi connectivity index (χ0n) is 16.1. The summed E-state index contributed by atoms with van der Waals surface area (Å²) in [5, 5.41) is 8.98. The number of aromatic nitrogens is 3. The first-order valence-electron chi connectivity index (χ1n) is 9.89. The van der Waals surface area contributed by atoms with Crippen LogP contribution in [0.1, 0.15) is 31.4 Å². The summed E-state index contributed by atoms with van der Waals surface area (Å²) in [6.45, 7) is 2.61. The van der Waals surface area contributed by atoms with E-state index in [1.807, 2.05) is 34.6 Å². The van der Waals surface area contributed by atoms with Gasteiger partial charge in [-0.25, -0.2) is 4.39 Å². The highest BCUT2D eigenvalue weighted by Gasteiger charge is 2.34. The number of nitrogens with zero attached hydrogens (tertiary/aromatic N) is 4. The van der Waals surface area contributed by atoms with Gasteiger partial charge in [0, 0.05) is 18.3 Å². The van der Waals surface area contributed by atoms with Crippen LogP contribution in [0.4, 0.5) is 10.1 Å². The van der Waals surface area contributed by atoms with Crippen LogP contribution in [0, 0.1) is 5.82 Å². The summed E-state index contributed by atoms with van der Waals surface area (Å²) in [5.41, 5.74) is 2.66. The third kappa shape index (κ3) is 3.33. The van der Waals surface area contributed by atoms with Gasteiger partial charge in [0.1, 0.15) is 5.82 Å². The first-order chi connectivity index (χ1) is 14.1. The molecule has 2 aliphatic rings. The average Bonchev–Trinajstić information content (AvgIpc) is 3.35. The van der Waals surface area contributed by atoms with Gasteiger partial charge in [-0.3, -0.25) is 9.36 Å². The van der Waals surface area contributed by atoms with Crippen LogP contribution in [0.25, 0.3) is 11.4 Å². The Bertz CT molecular complexity index is 1080. The molecule has 5 rings (SSSR count). The van der Waals surface area contributed by atoms with Crippen molar-refractivity contribution >= 4 is 23.4 Å².